The van der Waals surface area contributed by atoms with Gasteiger partial charge >= 0.3 is 5.69 Å². The lowest BCUT2D eigenvalue weighted by Gasteiger charge is -2.40. The van der Waals surface area contributed by atoms with Crippen LogP contribution in [0.1, 0.15) is 53.2 Å². The van der Waals surface area contributed by atoms with Gasteiger partial charge in [0, 0.05) is 37.4 Å². The number of piperazine rings is 1. The van der Waals surface area contributed by atoms with Crippen LogP contribution in [0.25, 0.3) is 33.6 Å². The van der Waals surface area contributed by atoms with Gasteiger partial charge in [-0.15, -0.1) is 0 Å². The highest BCUT2D eigenvalue weighted by Gasteiger charge is 2.30. The van der Waals surface area contributed by atoms with Crippen molar-refractivity contribution in [3.05, 3.63) is 94.1 Å². The molecule has 0 radical (unpaired) electrons. The molecule has 9 heteroatoms. The summed E-state index contributed by atoms with van der Waals surface area (Å²) in [4.78, 5) is 44.6. The number of aromatic nitrogens is 4. The molecular weight excluding hydrogens is 548 g/mol. The molecule has 5 rings (SSSR count). The fourth-order valence-corrected chi connectivity index (χ4v) is 5.87. The molecule has 4 heterocycles. The average Bonchev–Trinajstić information content (AvgIpc) is 3.00. The van der Waals surface area contributed by atoms with Crippen molar-refractivity contribution in [2.75, 3.05) is 24.5 Å². The van der Waals surface area contributed by atoms with Crippen LogP contribution >= 0.6 is 11.6 Å². The highest BCUT2D eigenvalue weighted by atomic mass is 35.5. The first-order valence-electron chi connectivity index (χ1n) is 15.0. The van der Waals surface area contributed by atoms with Gasteiger partial charge in [-0.05, 0) is 56.0 Å². The van der Waals surface area contributed by atoms with Crippen LogP contribution < -0.4 is 10.6 Å². The molecular formula is C33H35ClN6O2. The van der Waals surface area contributed by atoms with Crippen molar-refractivity contribution in [2.45, 2.75) is 46.6 Å². The molecule has 1 aromatic carbocycles. The van der Waals surface area contributed by atoms with E-state index in [1.54, 1.807) is 24.1 Å². The lowest BCUT2D eigenvalue weighted by Crippen LogP contribution is -2.54. The van der Waals surface area contributed by atoms with Crippen molar-refractivity contribution in [3.8, 4) is 16.9 Å². The maximum Gasteiger partial charge on any atom is 0.355 e. The van der Waals surface area contributed by atoms with Crippen molar-refractivity contribution in [2.24, 2.45) is 0 Å². The minimum atomic E-state index is -0.507. The predicted molar refractivity (Wildman–Crippen MR) is 170 cm³/mol. The first-order chi connectivity index (χ1) is 20.9. The summed E-state index contributed by atoms with van der Waals surface area (Å²) in [5.74, 6) is 0.311. The summed E-state index contributed by atoms with van der Waals surface area (Å²) in [6.45, 7) is 14.3. The molecule has 42 heavy (non-hydrogen) atoms. The van der Waals surface area contributed by atoms with Crippen LogP contribution in [-0.2, 0) is 4.79 Å². The molecule has 4 aromatic rings. The molecule has 8 nitrogen and oxygen atoms in total. The number of pyridine rings is 2. The molecule has 1 amide bonds. The minimum Gasteiger partial charge on any atom is -0.350 e. The van der Waals surface area contributed by atoms with Gasteiger partial charge in [0.25, 0.3) is 0 Å². The van der Waals surface area contributed by atoms with Crippen LogP contribution in [0.3, 0.4) is 0 Å². The minimum absolute atomic E-state index is 0.00911. The second kappa shape index (κ2) is 11.5. The topological polar surface area (TPSA) is 84.2 Å². The van der Waals surface area contributed by atoms with E-state index in [2.05, 4.69) is 16.5 Å². The van der Waals surface area contributed by atoms with E-state index < -0.39 is 5.69 Å². The maximum atomic E-state index is 14.1. The van der Waals surface area contributed by atoms with Crippen LogP contribution in [0.4, 0.5) is 5.82 Å². The number of carbonyl (C=O) groups is 1. The zero-order chi connectivity index (χ0) is 31.9. The van der Waals surface area contributed by atoms with Gasteiger partial charge < -0.3 is 9.80 Å². The normalized spacial score (nSPS) is 15.9. The third-order valence-corrected chi connectivity index (χ3v) is 7.99. The molecule has 0 aliphatic carbocycles. The number of hydrogen-bond acceptors (Lipinski definition) is 6. The fourth-order valence-electron chi connectivity index (χ4n) is 5.62. The quantitative estimate of drug-likeness (QED) is 0.251. The van der Waals surface area contributed by atoms with Crippen LogP contribution in [0.2, 0.25) is 5.02 Å². The van der Waals surface area contributed by atoms with Crippen molar-refractivity contribution in [1.29, 1.82) is 0 Å². The third-order valence-electron chi connectivity index (χ3n) is 7.70. The van der Waals surface area contributed by atoms with Crippen LogP contribution in [-0.4, -0.2) is 56.0 Å². The number of halogens is 1. The Hall–Kier alpha value is -4.30. The average molecular weight is 585 g/mol. The molecule has 1 fully saturated rings. The second-order valence-corrected chi connectivity index (χ2v) is 11.4. The SMILES string of the molecule is [2H]C([2H])=C(C)c1ccccc1-c1nc2c(cc1Cl)c(N1CCN(C(=O)C=C)C[C@@H]1C)nc(=O)n2-c1c(C)ccnc1C(C)C. The Bertz CT molecular complexity index is 1880. The van der Waals surface area contributed by atoms with Crippen LogP contribution in [0.5, 0.6) is 0 Å². The maximum absolute atomic E-state index is 14.1. The van der Waals surface area contributed by atoms with Gasteiger partial charge in [0.1, 0.15) is 5.82 Å². The van der Waals surface area contributed by atoms with E-state index in [1.807, 2.05) is 62.9 Å². The lowest BCUT2D eigenvalue weighted by molar-refractivity contribution is -0.126. The number of amides is 1. The number of fused-ring (bicyclic) bond motifs is 1. The highest BCUT2D eigenvalue weighted by molar-refractivity contribution is 6.34. The molecule has 1 aliphatic heterocycles. The van der Waals surface area contributed by atoms with Crippen LogP contribution in [0.15, 0.2) is 66.6 Å². The summed E-state index contributed by atoms with van der Waals surface area (Å²) in [6.07, 6.45) is 3.04. The molecule has 216 valence electrons. The zero-order valence-corrected chi connectivity index (χ0v) is 25.2. The van der Waals surface area contributed by atoms with Gasteiger partial charge in [-0.25, -0.2) is 14.3 Å². The summed E-state index contributed by atoms with van der Waals surface area (Å²) in [6, 6.07) is 10.9. The van der Waals surface area contributed by atoms with Gasteiger partial charge in [0.05, 0.1) is 30.2 Å². The third kappa shape index (κ3) is 5.11. The van der Waals surface area contributed by atoms with Crippen molar-refractivity contribution in [3.63, 3.8) is 0 Å². The predicted octanol–water partition coefficient (Wildman–Crippen LogP) is 6.18. The smallest absolute Gasteiger partial charge is 0.350 e. The number of anilines is 1. The van der Waals surface area contributed by atoms with Crippen LogP contribution in [0, 0.1) is 6.92 Å². The Kier molecular flexibility index (Phi) is 7.30. The lowest BCUT2D eigenvalue weighted by atomic mass is 9.99. The molecule has 0 unspecified atom stereocenters. The number of carbonyl (C=O) groups excluding carboxylic acids is 1. The molecule has 3 aromatic heterocycles. The van der Waals surface area contributed by atoms with Crippen molar-refractivity contribution in [1.82, 2.24) is 24.4 Å². The molecule has 1 aliphatic rings. The summed E-state index contributed by atoms with van der Waals surface area (Å²) < 4.78 is 17.4. The van der Waals surface area contributed by atoms with Gasteiger partial charge in [0.2, 0.25) is 5.91 Å². The van der Waals surface area contributed by atoms with E-state index in [1.165, 1.54) is 10.6 Å². The standard InChI is InChI=1S/C33H35ClN6O2/c1-8-27(41)38-15-16-39(22(7)18-38)31-25-17-26(34)29(24-12-10-9-11-23(24)19(2)3)36-32(25)40(33(42)37-31)30-21(6)13-14-35-28(30)20(4)5/h8-14,17,20,22H,1-2,15-16,18H2,3-7H3/t22-/m0/s1/i2D2. The number of allylic oxidation sites excluding steroid dienone is 1. The Morgan fingerprint density at radius 1 is 1.21 bits per heavy atom. The Morgan fingerprint density at radius 2 is 1.98 bits per heavy atom. The van der Waals surface area contributed by atoms with E-state index in [9.17, 15) is 9.59 Å². The fraction of sp³-hybridized carbons (Fsp3) is 0.303. The first-order valence-corrected chi connectivity index (χ1v) is 14.3. The molecule has 1 saturated heterocycles. The van der Waals surface area contributed by atoms with Gasteiger partial charge in [0.15, 0.2) is 5.65 Å². The van der Waals surface area contributed by atoms with E-state index in [-0.39, 0.29) is 24.4 Å². The monoisotopic (exact) mass is 584 g/mol. The summed E-state index contributed by atoms with van der Waals surface area (Å²) in [5.41, 5.74) is 4.24. The summed E-state index contributed by atoms with van der Waals surface area (Å²) in [7, 11) is 0. The van der Waals surface area contributed by atoms with E-state index >= 15 is 0 Å². The number of benzene rings is 1. The Labute approximate surface area is 253 Å². The van der Waals surface area contributed by atoms with E-state index in [4.69, 9.17) is 19.3 Å². The van der Waals surface area contributed by atoms with Crippen molar-refractivity contribution >= 4 is 39.9 Å². The largest absolute Gasteiger partial charge is 0.355 e. The highest BCUT2D eigenvalue weighted by Crippen LogP contribution is 2.37. The molecule has 0 spiro atoms. The van der Waals surface area contributed by atoms with Crippen molar-refractivity contribution < 1.29 is 7.54 Å². The number of aryl methyl sites for hydroxylation is 1. The van der Waals surface area contributed by atoms with E-state index in [0.29, 0.717) is 69.6 Å². The van der Waals surface area contributed by atoms with E-state index in [0.717, 1.165) is 11.3 Å². The Morgan fingerprint density at radius 3 is 2.67 bits per heavy atom. The molecule has 1 atom stereocenters. The molecule has 0 saturated carbocycles. The number of rotatable bonds is 6. The second-order valence-electron chi connectivity index (χ2n) is 11.0. The number of nitrogens with zero attached hydrogens (tertiary/aromatic N) is 6. The number of hydrogen-bond donors (Lipinski definition) is 0. The summed E-state index contributed by atoms with van der Waals surface area (Å²) in [5, 5.41) is 0.917. The Balaban J connectivity index is 1.84. The zero-order valence-electron chi connectivity index (χ0n) is 26.5. The summed E-state index contributed by atoms with van der Waals surface area (Å²) >= 11 is 6.99. The molecule has 0 bridgehead atoms. The molecule has 0 N–H and O–H groups in total. The van der Waals surface area contributed by atoms with Gasteiger partial charge in [-0.1, -0.05) is 68.4 Å². The first kappa shape index (κ1) is 26.6. The van der Waals surface area contributed by atoms with Gasteiger partial charge in [-0.3, -0.25) is 9.78 Å². The van der Waals surface area contributed by atoms with Gasteiger partial charge in [-0.2, -0.15) is 4.98 Å².